The van der Waals surface area contributed by atoms with Crippen LogP contribution in [0.3, 0.4) is 0 Å². The maximum atomic E-state index is 5.44. The molecule has 0 spiro atoms. The molecule has 0 aliphatic heterocycles. The Bertz CT molecular complexity index is 164. The SMILES string of the molecule is C=C(OCC)C(C)(C)CCNCCC. The van der Waals surface area contributed by atoms with Crippen molar-refractivity contribution in [1.82, 2.24) is 5.32 Å². The largest absolute Gasteiger partial charge is 0.498 e. The van der Waals surface area contributed by atoms with E-state index >= 15 is 0 Å². The number of ether oxygens (including phenoxy) is 1. The van der Waals surface area contributed by atoms with E-state index in [1.807, 2.05) is 6.92 Å². The third kappa shape index (κ3) is 5.28. The first-order valence-corrected chi connectivity index (χ1v) is 5.57. The molecule has 0 radical (unpaired) electrons. The van der Waals surface area contributed by atoms with Crippen molar-refractivity contribution < 1.29 is 4.74 Å². The minimum atomic E-state index is 0.0801. The Balaban J connectivity index is 3.76. The van der Waals surface area contributed by atoms with Crippen LogP contribution >= 0.6 is 0 Å². The van der Waals surface area contributed by atoms with E-state index in [4.69, 9.17) is 4.74 Å². The maximum absolute atomic E-state index is 5.44. The first-order chi connectivity index (χ1) is 6.54. The van der Waals surface area contributed by atoms with Gasteiger partial charge in [-0.1, -0.05) is 27.4 Å². The van der Waals surface area contributed by atoms with Crippen molar-refractivity contribution in [3.05, 3.63) is 12.3 Å². The lowest BCUT2D eigenvalue weighted by atomic mass is 9.87. The van der Waals surface area contributed by atoms with E-state index < -0.39 is 0 Å². The zero-order valence-corrected chi connectivity index (χ0v) is 10.2. The lowest BCUT2D eigenvalue weighted by Gasteiger charge is -2.26. The molecule has 0 aliphatic carbocycles. The average Bonchev–Trinajstić information content (AvgIpc) is 2.13. The second kappa shape index (κ2) is 6.88. The number of hydrogen-bond acceptors (Lipinski definition) is 2. The van der Waals surface area contributed by atoms with Crippen LogP contribution in [-0.2, 0) is 4.74 Å². The van der Waals surface area contributed by atoms with Crippen LogP contribution in [0.2, 0.25) is 0 Å². The normalized spacial score (nSPS) is 11.4. The number of allylic oxidation sites excluding steroid dienone is 1. The van der Waals surface area contributed by atoms with Crippen molar-refractivity contribution >= 4 is 0 Å². The van der Waals surface area contributed by atoms with Crippen LogP contribution in [0.15, 0.2) is 12.3 Å². The monoisotopic (exact) mass is 199 g/mol. The van der Waals surface area contributed by atoms with E-state index in [1.54, 1.807) is 0 Å². The van der Waals surface area contributed by atoms with Gasteiger partial charge in [-0.2, -0.15) is 0 Å². The second-order valence-corrected chi connectivity index (χ2v) is 4.24. The first kappa shape index (κ1) is 13.5. The highest BCUT2D eigenvalue weighted by Gasteiger charge is 2.22. The van der Waals surface area contributed by atoms with Crippen molar-refractivity contribution in [1.29, 1.82) is 0 Å². The van der Waals surface area contributed by atoms with Gasteiger partial charge in [0, 0.05) is 5.41 Å². The lowest BCUT2D eigenvalue weighted by molar-refractivity contribution is 0.150. The van der Waals surface area contributed by atoms with Crippen molar-refractivity contribution in [2.45, 2.75) is 40.5 Å². The van der Waals surface area contributed by atoms with Gasteiger partial charge in [-0.3, -0.25) is 0 Å². The molecule has 0 unspecified atom stereocenters. The molecular weight excluding hydrogens is 174 g/mol. The summed E-state index contributed by atoms with van der Waals surface area (Å²) in [6.45, 7) is 15.3. The number of rotatable bonds is 8. The summed E-state index contributed by atoms with van der Waals surface area (Å²) in [4.78, 5) is 0. The van der Waals surface area contributed by atoms with Crippen LogP contribution in [0.5, 0.6) is 0 Å². The number of nitrogens with one attached hydrogen (secondary N) is 1. The molecule has 0 fully saturated rings. The molecule has 0 saturated carbocycles. The summed E-state index contributed by atoms with van der Waals surface area (Å²) in [7, 11) is 0. The maximum Gasteiger partial charge on any atom is 0.0944 e. The summed E-state index contributed by atoms with van der Waals surface area (Å²) in [5, 5.41) is 3.39. The highest BCUT2D eigenvalue weighted by atomic mass is 16.5. The van der Waals surface area contributed by atoms with Crippen molar-refractivity contribution in [2.24, 2.45) is 5.41 Å². The van der Waals surface area contributed by atoms with E-state index in [0.717, 1.165) is 25.3 Å². The molecule has 0 aromatic carbocycles. The molecule has 0 aromatic rings. The first-order valence-electron chi connectivity index (χ1n) is 5.57. The summed E-state index contributed by atoms with van der Waals surface area (Å²) in [6.07, 6.45) is 2.26. The Morgan fingerprint density at radius 2 is 1.93 bits per heavy atom. The van der Waals surface area contributed by atoms with Crippen LogP contribution in [0.25, 0.3) is 0 Å². The molecule has 0 aliphatic rings. The zero-order chi connectivity index (χ0) is 11.0. The van der Waals surface area contributed by atoms with Crippen LogP contribution in [-0.4, -0.2) is 19.7 Å². The lowest BCUT2D eigenvalue weighted by Crippen LogP contribution is -2.25. The predicted octanol–water partition coefficient (Wildman–Crippen LogP) is 2.95. The molecule has 0 heterocycles. The molecule has 0 aromatic heterocycles. The second-order valence-electron chi connectivity index (χ2n) is 4.24. The van der Waals surface area contributed by atoms with Gasteiger partial charge in [0.05, 0.1) is 12.4 Å². The molecule has 0 saturated heterocycles. The van der Waals surface area contributed by atoms with Gasteiger partial charge in [0.15, 0.2) is 0 Å². The van der Waals surface area contributed by atoms with Gasteiger partial charge in [0.1, 0.15) is 0 Å². The quantitative estimate of drug-likeness (QED) is 0.479. The zero-order valence-electron chi connectivity index (χ0n) is 10.2. The van der Waals surface area contributed by atoms with E-state index in [0.29, 0.717) is 6.61 Å². The van der Waals surface area contributed by atoms with Gasteiger partial charge in [0.25, 0.3) is 0 Å². The Morgan fingerprint density at radius 3 is 2.43 bits per heavy atom. The Kier molecular flexibility index (Phi) is 6.64. The summed E-state index contributed by atoms with van der Waals surface area (Å²) >= 11 is 0. The van der Waals surface area contributed by atoms with Gasteiger partial charge < -0.3 is 10.1 Å². The molecule has 2 heteroatoms. The van der Waals surface area contributed by atoms with Gasteiger partial charge in [0.2, 0.25) is 0 Å². The van der Waals surface area contributed by atoms with E-state index in [9.17, 15) is 0 Å². The van der Waals surface area contributed by atoms with Crippen LogP contribution in [0, 0.1) is 5.41 Å². The standard InChI is InChI=1S/C12H25NO/c1-6-9-13-10-8-12(4,5)11(3)14-7-2/h13H,3,6-10H2,1-2,4-5H3. The topological polar surface area (TPSA) is 21.3 Å². The molecule has 84 valence electrons. The third-order valence-electron chi connectivity index (χ3n) is 2.43. The van der Waals surface area contributed by atoms with E-state index in [2.05, 4.69) is 32.7 Å². The van der Waals surface area contributed by atoms with Crippen LogP contribution in [0.1, 0.15) is 40.5 Å². The summed E-state index contributed by atoms with van der Waals surface area (Å²) in [6, 6.07) is 0. The minimum absolute atomic E-state index is 0.0801. The summed E-state index contributed by atoms with van der Waals surface area (Å²) in [5.41, 5.74) is 0.0801. The molecule has 0 atom stereocenters. The van der Waals surface area contributed by atoms with Gasteiger partial charge >= 0.3 is 0 Å². The van der Waals surface area contributed by atoms with E-state index in [1.165, 1.54) is 6.42 Å². The fourth-order valence-electron chi connectivity index (χ4n) is 1.21. The fraction of sp³-hybridized carbons (Fsp3) is 0.833. The van der Waals surface area contributed by atoms with Crippen molar-refractivity contribution in [3.63, 3.8) is 0 Å². The van der Waals surface area contributed by atoms with Gasteiger partial charge in [-0.15, -0.1) is 0 Å². The smallest absolute Gasteiger partial charge is 0.0944 e. The van der Waals surface area contributed by atoms with Crippen LogP contribution < -0.4 is 5.32 Å². The number of hydrogen-bond donors (Lipinski definition) is 1. The van der Waals surface area contributed by atoms with Crippen molar-refractivity contribution in [3.8, 4) is 0 Å². The summed E-state index contributed by atoms with van der Waals surface area (Å²) < 4.78 is 5.44. The molecule has 0 rings (SSSR count). The third-order valence-corrected chi connectivity index (χ3v) is 2.43. The predicted molar refractivity (Wildman–Crippen MR) is 62.3 cm³/mol. The highest BCUT2D eigenvalue weighted by molar-refractivity contribution is 4.98. The van der Waals surface area contributed by atoms with E-state index in [-0.39, 0.29) is 5.41 Å². The fourth-order valence-corrected chi connectivity index (χ4v) is 1.21. The Labute approximate surface area is 88.7 Å². The van der Waals surface area contributed by atoms with Crippen molar-refractivity contribution in [2.75, 3.05) is 19.7 Å². The Morgan fingerprint density at radius 1 is 1.29 bits per heavy atom. The molecule has 1 N–H and O–H groups in total. The summed E-state index contributed by atoms with van der Waals surface area (Å²) in [5.74, 6) is 0.901. The molecule has 2 nitrogen and oxygen atoms in total. The molecule has 0 bridgehead atoms. The molecule has 0 amide bonds. The minimum Gasteiger partial charge on any atom is -0.498 e. The average molecular weight is 199 g/mol. The highest BCUT2D eigenvalue weighted by Crippen LogP contribution is 2.29. The molecule has 14 heavy (non-hydrogen) atoms. The Hall–Kier alpha value is -0.500. The molecular formula is C12H25NO. The van der Waals surface area contributed by atoms with Gasteiger partial charge in [-0.05, 0) is 32.9 Å². The van der Waals surface area contributed by atoms with Crippen LogP contribution in [0.4, 0.5) is 0 Å². The van der Waals surface area contributed by atoms with Gasteiger partial charge in [-0.25, -0.2) is 0 Å².